The van der Waals surface area contributed by atoms with Crippen LogP contribution >= 0.6 is 27.5 Å². The highest BCUT2D eigenvalue weighted by Crippen LogP contribution is 2.24. The zero-order valence-electron chi connectivity index (χ0n) is 12.1. The van der Waals surface area contributed by atoms with Gasteiger partial charge < -0.3 is 10.3 Å². The van der Waals surface area contributed by atoms with Gasteiger partial charge in [-0.15, -0.1) is 0 Å². The van der Waals surface area contributed by atoms with Crippen molar-refractivity contribution in [3.63, 3.8) is 0 Å². The Kier molecular flexibility index (Phi) is 4.24. The number of nitrogens with one attached hydrogen (secondary N) is 2. The molecule has 3 rings (SSSR count). The van der Waals surface area contributed by atoms with E-state index in [1.54, 1.807) is 37.3 Å². The average Bonchev–Trinajstić information content (AvgIpc) is 2.51. The maximum absolute atomic E-state index is 12.3. The van der Waals surface area contributed by atoms with Gasteiger partial charge in [-0.3, -0.25) is 9.59 Å². The molecule has 2 aromatic carbocycles. The van der Waals surface area contributed by atoms with Crippen LogP contribution in [-0.2, 0) is 0 Å². The van der Waals surface area contributed by atoms with Gasteiger partial charge in [0.15, 0.2) is 0 Å². The number of carbonyl (C=O) groups excluding carboxylic acids is 1. The number of benzene rings is 2. The molecule has 6 heteroatoms. The Hall–Kier alpha value is -2.11. The first-order valence-corrected chi connectivity index (χ1v) is 8.01. The van der Waals surface area contributed by atoms with Crippen molar-refractivity contribution < 1.29 is 4.79 Å². The molecule has 1 amide bonds. The van der Waals surface area contributed by atoms with E-state index in [9.17, 15) is 9.59 Å². The second-order valence-electron chi connectivity index (χ2n) is 5.17. The molecule has 0 saturated heterocycles. The van der Waals surface area contributed by atoms with Gasteiger partial charge in [-0.25, -0.2) is 0 Å². The highest BCUT2D eigenvalue weighted by atomic mass is 79.9. The van der Waals surface area contributed by atoms with Crippen molar-refractivity contribution >= 4 is 50.0 Å². The molecule has 4 nitrogen and oxygen atoms in total. The number of aromatic amines is 1. The van der Waals surface area contributed by atoms with E-state index >= 15 is 0 Å². The minimum Gasteiger partial charge on any atom is -0.322 e. The number of hydrogen-bond acceptors (Lipinski definition) is 2. The Morgan fingerprint density at radius 1 is 1.17 bits per heavy atom. The SMILES string of the molecule is Cc1cc2ccc(NC(=O)c3ccc(Cl)c(Br)c3)cc2[nH]c1=O. The molecule has 23 heavy (non-hydrogen) atoms. The molecule has 0 radical (unpaired) electrons. The molecule has 0 saturated carbocycles. The van der Waals surface area contributed by atoms with Gasteiger partial charge in [-0.05, 0) is 64.6 Å². The fourth-order valence-corrected chi connectivity index (χ4v) is 2.72. The fourth-order valence-electron chi connectivity index (χ4n) is 2.23. The number of hydrogen-bond donors (Lipinski definition) is 2. The predicted octanol–water partition coefficient (Wildman–Crippen LogP) is 4.50. The number of H-pyrrole nitrogens is 1. The van der Waals surface area contributed by atoms with Crippen molar-refractivity contribution in [2.24, 2.45) is 0 Å². The largest absolute Gasteiger partial charge is 0.322 e. The number of carbonyl (C=O) groups is 1. The quantitative estimate of drug-likeness (QED) is 0.675. The third-order valence-corrected chi connectivity index (χ3v) is 4.69. The van der Waals surface area contributed by atoms with Crippen LogP contribution < -0.4 is 10.9 Å². The number of aryl methyl sites for hydroxylation is 1. The van der Waals surface area contributed by atoms with Crippen LogP contribution in [0.4, 0.5) is 5.69 Å². The summed E-state index contributed by atoms with van der Waals surface area (Å²) in [6.07, 6.45) is 0. The number of aromatic nitrogens is 1. The Morgan fingerprint density at radius 2 is 1.96 bits per heavy atom. The van der Waals surface area contributed by atoms with Crippen molar-refractivity contribution in [2.75, 3.05) is 5.32 Å². The van der Waals surface area contributed by atoms with Gasteiger partial charge in [0.05, 0.1) is 10.5 Å². The van der Waals surface area contributed by atoms with Crippen LogP contribution in [0.5, 0.6) is 0 Å². The molecule has 0 fully saturated rings. The lowest BCUT2D eigenvalue weighted by molar-refractivity contribution is 0.102. The Balaban J connectivity index is 1.91. The molecular weight excluding hydrogens is 380 g/mol. The number of halogens is 2. The number of amides is 1. The van der Waals surface area contributed by atoms with Crippen LogP contribution in [0.1, 0.15) is 15.9 Å². The Bertz CT molecular complexity index is 982. The first-order chi connectivity index (χ1) is 10.9. The van der Waals surface area contributed by atoms with E-state index in [1.165, 1.54) is 0 Å². The van der Waals surface area contributed by atoms with E-state index in [4.69, 9.17) is 11.6 Å². The molecule has 1 heterocycles. The van der Waals surface area contributed by atoms with Gasteiger partial charge in [-0.2, -0.15) is 0 Å². The summed E-state index contributed by atoms with van der Waals surface area (Å²) >= 11 is 9.22. The van der Waals surface area contributed by atoms with Crippen molar-refractivity contribution in [2.45, 2.75) is 6.92 Å². The van der Waals surface area contributed by atoms with Gasteiger partial charge in [-0.1, -0.05) is 17.7 Å². The second-order valence-corrected chi connectivity index (χ2v) is 6.43. The van der Waals surface area contributed by atoms with Gasteiger partial charge in [0.2, 0.25) is 0 Å². The number of rotatable bonds is 2. The zero-order valence-corrected chi connectivity index (χ0v) is 14.5. The molecule has 0 aliphatic heterocycles. The van der Waals surface area contributed by atoms with E-state index < -0.39 is 0 Å². The monoisotopic (exact) mass is 390 g/mol. The number of fused-ring (bicyclic) bond motifs is 1. The van der Waals surface area contributed by atoms with Crippen molar-refractivity contribution in [3.05, 3.63) is 73.4 Å². The topological polar surface area (TPSA) is 62.0 Å². The molecule has 0 aliphatic rings. The van der Waals surface area contributed by atoms with Crippen LogP contribution in [0.25, 0.3) is 10.9 Å². The van der Waals surface area contributed by atoms with Crippen LogP contribution in [0.15, 0.2) is 51.7 Å². The molecule has 2 N–H and O–H groups in total. The molecular formula is C17H12BrClN2O2. The van der Waals surface area contributed by atoms with Crippen LogP contribution in [0.3, 0.4) is 0 Å². The highest BCUT2D eigenvalue weighted by molar-refractivity contribution is 9.10. The van der Waals surface area contributed by atoms with Crippen LogP contribution in [-0.4, -0.2) is 10.9 Å². The summed E-state index contributed by atoms with van der Waals surface area (Å²) in [4.78, 5) is 26.8. The van der Waals surface area contributed by atoms with E-state index in [2.05, 4.69) is 26.2 Å². The zero-order chi connectivity index (χ0) is 16.6. The molecule has 116 valence electrons. The Morgan fingerprint density at radius 3 is 2.70 bits per heavy atom. The van der Waals surface area contributed by atoms with Crippen LogP contribution in [0.2, 0.25) is 5.02 Å². The summed E-state index contributed by atoms with van der Waals surface area (Å²) in [5.74, 6) is -0.254. The first kappa shape index (κ1) is 15.8. The lowest BCUT2D eigenvalue weighted by Gasteiger charge is -2.08. The summed E-state index contributed by atoms with van der Waals surface area (Å²) in [5.41, 5.74) is 2.28. The molecule has 0 unspecified atom stereocenters. The predicted molar refractivity (Wildman–Crippen MR) is 96.4 cm³/mol. The van der Waals surface area contributed by atoms with Crippen molar-refractivity contribution in [1.29, 1.82) is 0 Å². The summed E-state index contributed by atoms with van der Waals surface area (Å²) in [6.45, 7) is 1.76. The average molecular weight is 392 g/mol. The molecule has 0 aliphatic carbocycles. The minimum atomic E-state index is -0.254. The van der Waals surface area contributed by atoms with Gasteiger partial charge >= 0.3 is 0 Å². The fraction of sp³-hybridized carbons (Fsp3) is 0.0588. The standard InChI is InChI=1S/C17H12BrClN2O2/c1-9-6-10-2-4-12(8-15(10)21-16(9)22)20-17(23)11-3-5-14(19)13(18)7-11/h2-8H,1H3,(H,20,23)(H,21,22). The maximum atomic E-state index is 12.3. The highest BCUT2D eigenvalue weighted by Gasteiger charge is 2.09. The summed E-state index contributed by atoms with van der Waals surface area (Å²) in [5, 5.41) is 4.26. The number of pyridine rings is 1. The number of anilines is 1. The molecule has 1 aromatic heterocycles. The maximum Gasteiger partial charge on any atom is 0.255 e. The van der Waals surface area contributed by atoms with E-state index in [-0.39, 0.29) is 11.5 Å². The third-order valence-electron chi connectivity index (χ3n) is 3.47. The first-order valence-electron chi connectivity index (χ1n) is 6.84. The normalized spacial score (nSPS) is 10.7. The lowest BCUT2D eigenvalue weighted by atomic mass is 10.1. The smallest absolute Gasteiger partial charge is 0.255 e. The molecule has 3 aromatic rings. The van der Waals surface area contributed by atoms with E-state index in [0.29, 0.717) is 31.8 Å². The van der Waals surface area contributed by atoms with Gasteiger partial charge in [0, 0.05) is 21.3 Å². The summed E-state index contributed by atoms with van der Waals surface area (Å²) < 4.78 is 0.658. The van der Waals surface area contributed by atoms with Gasteiger partial charge in [0.1, 0.15) is 0 Å². The van der Waals surface area contributed by atoms with Crippen molar-refractivity contribution in [3.8, 4) is 0 Å². The summed E-state index contributed by atoms with van der Waals surface area (Å²) in [6, 6.07) is 12.2. The summed E-state index contributed by atoms with van der Waals surface area (Å²) in [7, 11) is 0. The third kappa shape index (κ3) is 3.30. The molecule has 0 atom stereocenters. The van der Waals surface area contributed by atoms with E-state index in [1.807, 2.05) is 12.1 Å². The second kappa shape index (κ2) is 6.18. The van der Waals surface area contributed by atoms with E-state index in [0.717, 1.165) is 5.39 Å². The molecule has 0 spiro atoms. The lowest BCUT2D eigenvalue weighted by Crippen LogP contribution is -2.12. The minimum absolute atomic E-state index is 0.136. The van der Waals surface area contributed by atoms with Gasteiger partial charge in [0.25, 0.3) is 11.5 Å². The molecule has 0 bridgehead atoms. The van der Waals surface area contributed by atoms with Crippen LogP contribution in [0, 0.1) is 6.92 Å². The van der Waals surface area contributed by atoms with Crippen molar-refractivity contribution in [1.82, 2.24) is 4.98 Å². The Labute approximate surface area is 145 Å².